The van der Waals surface area contributed by atoms with Crippen LogP contribution in [0, 0.1) is 18.7 Å². The minimum absolute atomic E-state index is 0.0679. The maximum atomic E-state index is 13.7. The molecule has 6 heteroatoms. The van der Waals surface area contributed by atoms with Crippen LogP contribution in [-0.4, -0.2) is 60.3 Å². The number of hydrogen-bond acceptors (Lipinski definition) is 4. The van der Waals surface area contributed by atoms with Crippen LogP contribution in [0.3, 0.4) is 0 Å². The SMILES string of the molecule is Cc1ccc(C(=O)N2CC3(C[C@H](OCC4CCOCC4)CS3)C2)cc1F. The molecule has 1 spiro atoms. The van der Waals surface area contributed by atoms with E-state index in [1.807, 2.05) is 16.7 Å². The van der Waals surface area contributed by atoms with Crippen molar-refractivity contribution in [3.63, 3.8) is 0 Å². The molecule has 1 aromatic rings. The van der Waals surface area contributed by atoms with E-state index in [4.69, 9.17) is 9.47 Å². The molecule has 0 bridgehead atoms. The molecule has 3 fully saturated rings. The van der Waals surface area contributed by atoms with Gasteiger partial charge in [-0.3, -0.25) is 4.79 Å². The Labute approximate surface area is 158 Å². The van der Waals surface area contributed by atoms with E-state index in [1.54, 1.807) is 19.1 Å². The Morgan fingerprint density at radius 2 is 2.15 bits per heavy atom. The van der Waals surface area contributed by atoms with Gasteiger partial charge in [-0.25, -0.2) is 4.39 Å². The highest BCUT2D eigenvalue weighted by molar-refractivity contribution is 8.01. The standard InChI is InChI=1S/C20H26FNO3S/c1-14-2-3-16(8-18(14)21)19(23)22-12-20(13-22)9-17(11-26-20)25-10-15-4-6-24-7-5-15/h2-3,8,15,17H,4-7,9-13H2,1H3/t17-/m0/s1. The minimum Gasteiger partial charge on any atom is -0.381 e. The summed E-state index contributed by atoms with van der Waals surface area (Å²) in [5.74, 6) is 1.25. The second-order valence-corrected chi connectivity index (χ2v) is 9.32. The van der Waals surface area contributed by atoms with Gasteiger partial charge in [0.05, 0.1) is 10.9 Å². The highest BCUT2D eigenvalue weighted by Gasteiger charge is 2.51. The number of carbonyl (C=O) groups is 1. The fraction of sp³-hybridized carbons (Fsp3) is 0.650. The zero-order valence-electron chi connectivity index (χ0n) is 15.2. The van der Waals surface area contributed by atoms with Gasteiger partial charge >= 0.3 is 0 Å². The molecule has 1 aromatic carbocycles. The number of carbonyl (C=O) groups excluding carboxylic acids is 1. The lowest BCUT2D eigenvalue weighted by atomic mass is 9.92. The van der Waals surface area contributed by atoms with Gasteiger partial charge in [-0.15, -0.1) is 11.8 Å². The van der Waals surface area contributed by atoms with E-state index in [0.29, 0.717) is 17.0 Å². The molecule has 3 saturated heterocycles. The highest BCUT2D eigenvalue weighted by Crippen LogP contribution is 2.46. The number of aryl methyl sites for hydroxylation is 1. The predicted octanol–water partition coefficient (Wildman–Crippen LogP) is 3.28. The Hall–Kier alpha value is -1.11. The van der Waals surface area contributed by atoms with Crippen molar-refractivity contribution in [2.75, 3.05) is 38.7 Å². The Balaban J connectivity index is 1.26. The van der Waals surface area contributed by atoms with Crippen LogP contribution in [0.25, 0.3) is 0 Å². The third-order valence-corrected chi connectivity index (χ3v) is 7.32. The summed E-state index contributed by atoms with van der Waals surface area (Å²) in [5, 5.41) is 0. The lowest BCUT2D eigenvalue weighted by molar-refractivity contribution is -0.0118. The average molecular weight is 379 g/mol. The Morgan fingerprint density at radius 3 is 2.88 bits per heavy atom. The fourth-order valence-electron chi connectivity index (χ4n) is 4.02. The summed E-state index contributed by atoms with van der Waals surface area (Å²) in [4.78, 5) is 14.4. The lowest BCUT2D eigenvalue weighted by Gasteiger charge is -2.47. The molecule has 4 nitrogen and oxygen atoms in total. The maximum Gasteiger partial charge on any atom is 0.254 e. The van der Waals surface area contributed by atoms with Gasteiger partial charge in [0, 0.05) is 44.2 Å². The highest BCUT2D eigenvalue weighted by atomic mass is 32.2. The summed E-state index contributed by atoms with van der Waals surface area (Å²) in [7, 11) is 0. The van der Waals surface area contributed by atoms with Crippen LogP contribution in [0.2, 0.25) is 0 Å². The van der Waals surface area contributed by atoms with E-state index in [1.165, 1.54) is 6.07 Å². The first kappa shape index (κ1) is 18.3. The maximum absolute atomic E-state index is 13.7. The molecule has 0 radical (unpaired) electrons. The van der Waals surface area contributed by atoms with Crippen molar-refractivity contribution in [1.29, 1.82) is 0 Å². The second kappa shape index (κ2) is 7.49. The molecule has 3 heterocycles. The predicted molar refractivity (Wildman–Crippen MR) is 100 cm³/mol. The summed E-state index contributed by atoms with van der Waals surface area (Å²) < 4.78 is 25.4. The fourth-order valence-corrected chi connectivity index (χ4v) is 5.57. The smallest absolute Gasteiger partial charge is 0.254 e. The van der Waals surface area contributed by atoms with E-state index in [2.05, 4.69) is 0 Å². The number of likely N-dealkylation sites (tertiary alicyclic amines) is 1. The first-order chi connectivity index (χ1) is 12.5. The monoisotopic (exact) mass is 379 g/mol. The normalized spacial score (nSPS) is 25.5. The zero-order valence-corrected chi connectivity index (χ0v) is 16.0. The number of ether oxygens (including phenoxy) is 2. The van der Waals surface area contributed by atoms with Crippen molar-refractivity contribution in [2.24, 2.45) is 5.92 Å². The summed E-state index contributed by atoms with van der Waals surface area (Å²) in [6, 6.07) is 4.74. The minimum atomic E-state index is -0.317. The third-order valence-electron chi connectivity index (χ3n) is 5.75. The van der Waals surface area contributed by atoms with Crippen LogP contribution in [0.15, 0.2) is 18.2 Å². The number of hydrogen-bond donors (Lipinski definition) is 0. The van der Waals surface area contributed by atoms with Crippen LogP contribution < -0.4 is 0 Å². The molecular formula is C20H26FNO3S. The van der Waals surface area contributed by atoms with Gasteiger partial charge < -0.3 is 14.4 Å². The molecule has 4 rings (SSSR count). The van der Waals surface area contributed by atoms with Crippen molar-refractivity contribution in [2.45, 2.75) is 37.0 Å². The van der Waals surface area contributed by atoms with Crippen molar-refractivity contribution < 1.29 is 18.7 Å². The van der Waals surface area contributed by atoms with Crippen molar-refractivity contribution in [3.8, 4) is 0 Å². The Bertz CT molecular complexity index is 671. The van der Waals surface area contributed by atoms with Crippen LogP contribution in [0.1, 0.15) is 35.2 Å². The number of thioether (sulfide) groups is 1. The molecule has 1 amide bonds. The van der Waals surface area contributed by atoms with E-state index < -0.39 is 0 Å². The molecule has 0 aromatic heterocycles. The molecule has 0 aliphatic carbocycles. The zero-order chi connectivity index (χ0) is 18.1. The number of amides is 1. The Morgan fingerprint density at radius 1 is 1.38 bits per heavy atom. The molecule has 0 saturated carbocycles. The number of nitrogens with zero attached hydrogens (tertiary/aromatic N) is 1. The van der Waals surface area contributed by atoms with Gasteiger partial charge in [0.1, 0.15) is 5.82 Å². The van der Waals surface area contributed by atoms with E-state index in [9.17, 15) is 9.18 Å². The van der Waals surface area contributed by atoms with Crippen LogP contribution >= 0.6 is 11.8 Å². The van der Waals surface area contributed by atoms with Gasteiger partial charge in [-0.05, 0) is 49.8 Å². The number of rotatable bonds is 4. The van der Waals surface area contributed by atoms with Crippen molar-refractivity contribution >= 4 is 17.7 Å². The average Bonchev–Trinajstić information content (AvgIpc) is 3.06. The van der Waals surface area contributed by atoms with Crippen molar-refractivity contribution in [3.05, 3.63) is 35.1 Å². The van der Waals surface area contributed by atoms with E-state index in [-0.39, 0.29) is 22.6 Å². The number of benzene rings is 1. The molecule has 142 valence electrons. The summed E-state index contributed by atoms with van der Waals surface area (Å²) >= 11 is 1.93. The summed E-state index contributed by atoms with van der Waals surface area (Å²) in [5.41, 5.74) is 1.01. The lowest BCUT2D eigenvalue weighted by Crippen LogP contribution is -2.60. The van der Waals surface area contributed by atoms with Crippen LogP contribution in [-0.2, 0) is 9.47 Å². The van der Waals surface area contributed by atoms with Gasteiger partial charge in [0.15, 0.2) is 0 Å². The first-order valence-electron chi connectivity index (χ1n) is 9.43. The molecular weight excluding hydrogens is 353 g/mol. The van der Waals surface area contributed by atoms with Gasteiger partial charge in [-0.1, -0.05) is 6.07 Å². The number of halogens is 1. The molecule has 0 N–H and O–H groups in total. The second-order valence-electron chi connectivity index (χ2n) is 7.83. The van der Waals surface area contributed by atoms with Gasteiger partial charge in [0.2, 0.25) is 0 Å². The van der Waals surface area contributed by atoms with E-state index >= 15 is 0 Å². The van der Waals surface area contributed by atoms with Gasteiger partial charge in [-0.2, -0.15) is 0 Å². The van der Waals surface area contributed by atoms with E-state index in [0.717, 1.165) is 57.9 Å². The Kier molecular flexibility index (Phi) is 5.26. The van der Waals surface area contributed by atoms with Gasteiger partial charge in [0.25, 0.3) is 5.91 Å². The van der Waals surface area contributed by atoms with Crippen LogP contribution in [0.4, 0.5) is 4.39 Å². The van der Waals surface area contributed by atoms with Crippen molar-refractivity contribution in [1.82, 2.24) is 4.90 Å². The largest absolute Gasteiger partial charge is 0.381 e. The van der Waals surface area contributed by atoms with Crippen LogP contribution in [0.5, 0.6) is 0 Å². The molecule has 3 aliphatic rings. The summed E-state index contributed by atoms with van der Waals surface area (Å²) in [6.07, 6.45) is 3.49. The quantitative estimate of drug-likeness (QED) is 0.805. The molecule has 26 heavy (non-hydrogen) atoms. The molecule has 3 aliphatic heterocycles. The summed E-state index contributed by atoms with van der Waals surface area (Å²) in [6.45, 7) is 5.72. The molecule has 0 unspecified atom stereocenters. The molecule has 1 atom stereocenters. The first-order valence-corrected chi connectivity index (χ1v) is 10.4. The third kappa shape index (κ3) is 3.78. The topological polar surface area (TPSA) is 38.8 Å².